The first-order chi connectivity index (χ1) is 8.21. The standard InChI is InChI=1S/C12H24BrNO3S/c1-12(2,3)8-10(13)9-14-18(15,16)11-4-6-17-7-5-11/h10-11,14H,4-9H2,1-3H3. The lowest BCUT2D eigenvalue weighted by Gasteiger charge is -2.25. The number of hydrogen-bond donors (Lipinski definition) is 1. The predicted molar refractivity (Wildman–Crippen MR) is 77.6 cm³/mol. The second kappa shape index (κ2) is 6.68. The monoisotopic (exact) mass is 341 g/mol. The Balaban J connectivity index is 2.41. The van der Waals surface area contributed by atoms with Gasteiger partial charge in [-0.15, -0.1) is 0 Å². The van der Waals surface area contributed by atoms with Crippen LogP contribution in [0.3, 0.4) is 0 Å². The van der Waals surface area contributed by atoms with Gasteiger partial charge in [0, 0.05) is 24.6 Å². The summed E-state index contributed by atoms with van der Waals surface area (Å²) in [5.74, 6) is 0. The Hall–Kier alpha value is 0.350. The Morgan fingerprint density at radius 1 is 1.33 bits per heavy atom. The summed E-state index contributed by atoms with van der Waals surface area (Å²) in [6.45, 7) is 7.99. The molecule has 4 nitrogen and oxygen atoms in total. The van der Waals surface area contributed by atoms with Crippen molar-refractivity contribution in [3.05, 3.63) is 0 Å². The van der Waals surface area contributed by atoms with Crippen molar-refractivity contribution >= 4 is 26.0 Å². The van der Waals surface area contributed by atoms with Crippen LogP contribution in [0, 0.1) is 5.41 Å². The van der Waals surface area contributed by atoms with Crippen molar-refractivity contribution in [3.8, 4) is 0 Å². The highest BCUT2D eigenvalue weighted by molar-refractivity contribution is 9.09. The summed E-state index contributed by atoms with van der Waals surface area (Å²) in [6, 6.07) is 0. The minimum absolute atomic E-state index is 0.173. The molecule has 1 fully saturated rings. The van der Waals surface area contributed by atoms with Crippen molar-refractivity contribution in [2.45, 2.75) is 50.1 Å². The molecule has 0 saturated carbocycles. The highest BCUT2D eigenvalue weighted by Gasteiger charge is 2.28. The van der Waals surface area contributed by atoms with Crippen LogP contribution in [0.25, 0.3) is 0 Å². The molecular weight excluding hydrogens is 318 g/mol. The molecule has 18 heavy (non-hydrogen) atoms. The van der Waals surface area contributed by atoms with Crippen molar-refractivity contribution in [3.63, 3.8) is 0 Å². The molecule has 1 aliphatic rings. The van der Waals surface area contributed by atoms with Gasteiger partial charge in [-0.2, -0.15) is 0 Å². The van der Waals surface area contributed by atoms with Crippen LogP contribution in [0.4, 0.5) is 0 Å². The van der Waals surface area contributed by atoms with Crippen LogP contribution in [-0.4, -0.2) is 38.3 Å². The second-order valence-electron chi connectivity index (χ2n) is 6.07. The number of nitrogens with one attached hydrogen (secondary N) is 1. The van der Waals surface area contributed by atoms with Gasteiger partial charge in [0.1, 0.15) is 0 Å². The van der Waals surface area contributed by atoms with Crippen LogP contribution >= 0.6 is 15.9 Å². The maximum absolute atomic E-state index is 12.1. The Bertz CT molecular complexity index is 345. The lowest BCUT2D eigenvalue weighted by atomic mass is 9.91. The molecule has 0 aromatic carbocycles. The Kier molecular flexibility index (Phi) is 6.09. The SMILES string of the molecule is CC(C)(C)CC(Br)CNS(=O)(=O)C1CCOCC1. The van der Waals surface area contributed by atoms with Gasteiger partial charge in [0.25, 0.3) is 0 Å². The number of alkyl halides is 1. The lowest BCUT2D eigenvalue weighted by molar-refractivity contribution is 0.0981. The van der Waals surface area contributed by atoms with Crippen LogP contribution < -0.4 is 4.72 Å². The topological polar surface area (TPSA) is 55.4 Å². The number of hydrogen-bond acceptors (Lipinski definition) is 3. The van der Waals surface area contributed by atoms with E-state index in [1.54, 1.807) is 0 Å². The maximum Gasteiger partial charge on any atom is 0.214 e. The first-order valence-corrected chi connectivity index (χ1v) is 8.87. The Morgan fingerprint density at radius 2 is 1.89 bits per heavy atom. The summed E-state index contributed by atoms with van der Waals surface area (Å²) in [6.07, 6.45) is 2.13. The van der Waals surface area contributed by atoms with E-state index in [0.717, 1.165) is 6.42 Å². The molecule has 1 N–H and O–H groups in total. The largest absolute Gasteiger partial charge is 0.381 e. The van der Waals surface area contributed by atoms with Gasteiger partial charge in [-0.25, -0.2) is 13.1 Å². The first kappa shape index (κ1) is 16.4. The van der Waals surface area contributed by atoms with Crippen molar-refractivity contribution in [1.29, 1.82) is 0 Å². The van der Waals surface area contributed by atoms with Gasteiger partial charge in [-0.3, -0.25) is 0 Å². The van der Waals surface area contributed by atoms with Gasteiger partial charge in [0.05, 0.1) is 5.25 Å². The van der Waals surface area contributed by atoms with E-state index >= 15 is 0 Å². The van der Waals surface area contributed by atoms with E-state index in [9.17, 15) is 8.42 Å². The van der Waals surface area contributed by atoms with E-state index in [1.165, 1.54) is 0 Å². The van der Waals surface area contributed by atoms with E-state index < -0.39 is 10.0 Å². The van der Waals surface area contributed by atoms with Crippen molar-refractivity contribution in [2.75, 3.05) is 19.8 Å². The smallest absolute Gasteiger partial charge is 0.214 e. The molecule has 0 aromatic rings. The Labute approximate surface area is 119 Å². The van der Waals surface area contributed by atoms with Crippen LogP contribution in [-0.2, 0) is 14.8 Å². The molecule has 6 heteroatoms. The zero-order valence-corrected chi connectivity index (χ0v) is 13.8. The van der Waals surface area contributed by atoms with Gasteiger partial charge in [0.2, 0.25) is 10.0 Å². The summed E-state index contributed by atoms with van der Waals surface area (Å²) in [4.78, 5) is 0.173. The number of halogens is 1. The molecule has 1 heterocycles. The van der Waals surface area contributed by atoms with Crippen LogP contribution in [0.2, 0.25) is 0 Å². The number of ether oxygens (including phenoxy) is 1. The predicted octanol–water partition coefficient (Wildman–Crippen LogP) is 2.28. The van der Waals surface area contributed by atoms with Crippen molar-refractivity contribution in [2.24, 2.45) is 5.41 Å². The highest BCUT2D eigenvalue weighted by Crippen LogP contribution is 2.24. The van der Waals surface area contributed by atoms with Crippen LogP contribution in [0.5, 0.6) is 0 Å². The molecule has 0 bridgehead atoms. The molecule has 0 spiro atoms. The molecule has 0 aliphatic carbocycles. The minimum Gasteiger partial charge on any atom is -0.381 e. The molecule has 0 aromatic heterocycles. The fraction of sp³-hybridized carbons (Fsp3) is 1.00. The molecule has 0 radical (unpaired) electrons. The van der Waals surface area contributed by atoms with Crippen LogP contribution in [0.1, 0.15) is 40.0 Å². The quantitative estimate of drug-likeness (QED) is 0.780. The fourth-order valence-corrected chi connectivity index (χ4v) is 4.88. The molecule has 0 amide bonds. The summed E-state index contributed by atoms with van der Waals surface area (Å²) < 4.78 is 32.0. The van der Waals surface area contributed by atoms with E-state index in [4.69, 9.17) is 4.74 Å². The first-order valence-electron chi connectivity index (χ1n) is 6.41. The second-order valence-corrected chi connectivity index (χ2v) is 9.41. The third-order valence-corrected chi connectivity index (χ3v) is 5.51. The molecule has 1 aliphatic heterocycles. The fourth-order valence-electron chi connectivity index (χ4n) is 2.05. The van der Waals surface area contributed by atoms with E-state index in [0.29, 0.717) is 32.6 Å². The average Bonchev–Trinajstić information content (AvgIpc) is 2.26. The van der Waals surface area contributed by atoms with Gasteiger partial charge >= 0.3 is 0 Å². The third kappa shape index (κ3) is 5.99. The van der Waals surface area contributed by atoms with Gasteiger partial charge < -0.3 is 4.74 Å². The average molecular weight is 342 g/mol. The van der Waals surface area contributed by atoms with E-state index in [1.807, 2.05) is 0 Å². The molecule has 1 saturated heterocycles. The van der Waals surface area contributed by atoms with E-state index in [2.05, 4.69) is 41.4 Å². The molecular formula is C12H24BrNO3S. The zero-order valence-electron chi connectivity index (χ0n) is 11.4. The van der Waals surface area contributed by atoms with Gasteiger partial charge in [-0.05, 0) is 24.7 Å². The zero-order chi connectivity index (χ0) is 13.8. The van der Waals surface area contributed by atoms with Gasteiger partial charge in [0.15, 0.2) is 0 Å². The summed E-state index contributed by atoms with van der Waals surface area (Å²) >= 11 is 3.54. The van der Waals surface area contributed by atoms with Crippen molar-refractivity contribution < 1.29 is 13.2 Å². The van der Waals surface area contributed by atoms with Crippen LogP contribution in [0.15, 0.2) is 0 Å². The van der Waals surface area contributed by atoms with E-state index in [-0.39, 0.29) is 15.5 Å². The molecule has 1 atom stereocenters. The lowest BCUT2D eigenvalue weighted by Crippen LogP contribution is -2.40. The molecule has 1 unspecified atom stereocenters. The summed E-state index contributed by atoms with van der Waals surface area (Å²) in [7, 11) is -3.19. The normalized spacial score (nSPS) is 20.9. The number of rotatable bonds is 5. The van der Waals surface area contributed by atoms with Gasteiger partial charge in [-0.1, -0.05) is 36.7 Å². The minimum atomic E-state index is -3.19. The molecule has 1 rings (SSSR count). The number of sulfonamides is 1. The summed E-state index contributed by atoms with van der Waals surface area (Å²) in [5.41, 5.74) is 0.193. The third-order valence-electron chi connectivity index (χ3n) is 2.95. The highest BCUT2D eigenvalue weighted by atomic mass is 79.9. The Morgan fingerprint density at radius 3 is 2.39 bits per heavy atom. The summed E-state index contributed by atoms with van der Waals surface area (Å²) in [5, 5.41) is -0.291. The maximum atomic E-state index is 12.1. The molecule has 108 valence electrons. The van der Waals surface area contributed by atoms with Crippen molar-refractivity contribution in [1.82, 2.24) is 4.72 Å².